The zero-order valence-electron chi connectivity index (χ0n) is 20.5. The minimum absolute atomic E-state index is 0.166. The van der Waals surface area contributed by atoms with E-state index < -0.39 is 22.6 Å². The molecule has 0 aromatic heterocycles. The fourth-order valence-corrected chi connectivity index (χ4v) is 6.33. The lowest BCUT2D eigenvalue weighted by Crippen LogP contribution is -2.26. The number of carboxylic acid groups (broad SMARTS) is 2. The number of thioether (sulfide) groups is 1. The molecule has 188 valence electrons. The first kappa shape index (κ1) is 26.2. The van der Waals surface area contributed by atoms with Gasteiger partial charge in [-0.1, -0.05) is 109 Å². The van der Waals surface area contributed by atoms with Crippen molar-refractivity contribution in [2.75, 3.05) is 5.75 Å². The van der Waals surface area contributed by atoms with Crippen molar-refractivity contribution in [3.63, 3.8) is 0 Å². The lowest BCUT2D eigenvalue weighted by Gasteiger charge is -2.35. The molecule has 37 heavy (non-hydrogen) atoms. The molecule has 0 spiro atoms. The largest absolute Gasteiger partial charge is 0.481 e. The van der Waals surface area contributed by atoms with Crippen molar-refractivity contribution in [1.82, 2.24) is 0 Å². The fourth-order valence-electron chi connectivity index (χ4n) is 4.81. The van der Waals surface area contributed by atoms with E-state index >= 15 is 0 Å². The Morgan fingerprint density at radius 3 is 1.59 bits per heavy atom. The minimum atomic E-state index is -1.03. The first-order chi connectivity index (χ1) is 18.0. The summed E-state index contributed by atoms with van der Waals surface area (Å²) in [6.07, 6.45) is 1.35. The summed E-state index contributed by atoms with van der Waals surface area (Å²) >= 11 is 1.81. The summed E-state index contributed by atoms with van der Waals surface area (Å²) in [5, 5.41) is 19.4. The molecule has 4 nitrogen and oxygen atoms in total. The molecule has 4 aromatic carbocycles. The third kappa shape index (κ3) is 6.12. The minimum Gasteiger partial charge on any atom is -0.481 e. The maximum Gasteiger partial charge on any atom is 0.335 e. The van der Waals surface area contributed by atoms with Gasteiger partial charge in [0.25, 0.3) is 0 Å². The van der Waals surface area contributed by atoms with Gasteiger partial charge in [-0.2, -0.15) is 0 Å². The molecular formula is C32H30O4S. The van der Waals surface area contributed by atoms with Crippen LogP contribution in [0.3, 0.4) is 0 Å². The van der Waals surface area contributed by atoms with Gasteiger partial charge in [0.1, 0.15) is 0 Å². The van der Waals surface area contributed by atoms with Gasteiger partial charge in [0.05, 0.1) is 16.2 Å². The van der Waals surface area contributed by atoms with Crippen molar-refractivity contribution in [2.45, 2.75) is 24.0 Å². The van der Waals surface area contributed by atoms with Crippen LogP contribution >= 0.6 is 11.8 Å². The Labute approximate surface area is 222 Å². The maximum atomic E-state index is 12.1. The van der Waals surface area contributed by atoms with Crippen LogP contribution in [-0.4, -0.2) is 27.9 Å². The first-order valence-electron chi connectivity index (χ1n) is 12.4. The van der Waals surface area contributed by atoms with Crippen LogP contribution < -0.4 is 0 Å². The number of rotatable bonds is 12. The predicted molar refractivity (Wildman–Crippen MR) is 149 cm³/mol. The third-order valence-corrected chi connectivity index (χ3v) is 8.25. The number of aromatic carboxylic acids is 1. The molecule has 1 unspecified atom stereocenters. The Kier molecular flexibility index (Phi) is 8.81. The predicted octanol–water partition coefficient (Wildman–Crippen LogP) is 7.13. The number of hydrogen-bond donors (Lipinski definition) is 2. The molecule has 0 heterocycles. The van der Waals surface area contributed by atoms with Crippen LogP contribution in [0.25, 0.3) is 0 Å². The highest BCUT2D eigenvalue weighted by Gasteiger charge is 2.36. The van der Waals surface area contributed by atoms with Gasteiger partial charge in [0.15, 0.2) is 0 Å². The standard InChI is InChI=1S/C32H30O4S/c33-30(34)25(23-24-13-10-11-21-29(24)31(35)36)14-12-22-37-32(26-15-4-1-5-16-26,27-17-6-2-7-18-27)28-19-8-3-9-20-28/h1-11,13,15-21,25H,12,14,22-23H2,(H,33,34)(H,35,36). The van der Waals surface area contributed by atoms with Crippen molar-refractivity contribution < 1.29 is 19.8 Å². The molecular weight excluding hydrogens is 480 g/mol. The summed E-state index contributed by atoms with van der Waals surface area (Å²) in [7, 11) is 0. The van der Waals surface area contributed by atoms with Gasteiger partial charge in [0, 0.05) is 0 Å². The quantitative estimate of drug-likeness (QED) is 0.157. The summed E-state index contributed by atoms with van der Waals surface area (Å²) in [6.45, 7) is 0. The van der Waals surface area contributed by atoms with E-state index in [1.807, 2.05) is 30.0 Å². The van der Waals surface area contributed by atoms with Gasteiger partial charge in [0.2, 0.25) is 0 Å². The summed E-state index contributed by atoms with van der Waals surface area (Å²) in [4.78, 5) is 23.7. The average molecular weight is 511 g/mol. The van der Waals surface area contributed by atoms with Crippen LogP contribution in [0.5, 0.6) is 0 Å². The molecule has 0 aliphatic carbocycles. The molecule has 0 saturated heterocycles. The Morgan fingerprint density at radius 2 is 1.14 bits per heavy atom. The highest BCUT2D eigenvalue weighted by Crippen LogP contribution is 2.48. The van der Waals surface area contributed by atoms with E-state index in [1.165, 1.54) is 22.8 Å². The number of carboxylic acids is 2. The van der Waals surface area contributed by atoms with Gasteiger partial charge in [-0.05, 0) is 53.3 Å². The first-order valence-corrected chi connectivity index (χ1v) is 13.4. The molecule has 4 aromatic rings. The molecule has 0 radical (unpaired) electrons. The topological polar surface area (TPSA) is 74.6 Å². The van der Waals surface area contributed by atoms with E-state index in [0.717, 1.165) is 5.75 Å². The summed E-state index contributed by atoms with van der Waals surface area (Å²) in [5.41, 5.74) is 4.23. The van der Waals surface area contributed by atoms with Crippen molar-refractivity contribution in [2.24, 2.45) is 5.92 Å². The van der Waals surface area contributed by atoms with Crippen LogP contribution in [0.1, 0.15) is 45.5 Å². The summed E-state index contributed by atoms with van der Waals surface area (Å²) in [6, 6.07) is 37.9. The second-order valence-corrected chi connectivity index (χ2v) is 10.3. The van der Waals surface area contributed by atoms with E-state index in [-0.39, 0.29) is 12.0 Å². The number of carbonyl (C=O) groups is 2. The smallest absolute Gasteiger partial charge is 0.335 e. The lowest BCUT2D eigenvalue weighted by molar-refractivity contribution is -0.141. The molecule has 0 aliphatic heterocycles. The number of aliphatic carboxylic acids is 1. The Balaban J connectivity index is 1.58. The Bertz CT molecular complexity index is 1210. The van der Waals surface area contributed by atoms with Gasteiger partial charge in [-0.15, -0.1) is 11.8 Å². The van der Waals surface area contributed by atoms with Crippen LogP contribution in [0.2, 0.25) is 0 Å². The maximum absolute atomic E-state index is 12.1. The molecule has 2 N–H and O–H groups in total. The van der Waals surface area contributed by atoms with Crippen LogP contribution in [-0.2, 0) is 16.0 Å². The second-order valence-electron chi connectivity index (χ2n) is 8.97. The fraction of sp³-hybridized carbons (Fsp3) is 0.188. The van der Waals surface area contributed by atoms with E-state index in [2.05, 4.69) is 72.8 Å². The SMILES string of the molecule is O=C(O)c1ccccc1CC(CCCSC(c1ccccc1)(c1ccccc1)c1ccccc1)C(=O)O. The van der Waals surface area contributed by atoms with Crippen molar-refractivity contribution in [3.8, 4) is 0 Å². The van der Waals surface area contributed by atoms with E-state index in [0.29, 0.717) is 18.4 Å². The van der Waals surface area contributed by atoms with E-state index in [4.69, 9.17) is 0 Å². The molecule has 0 aliphatic rings. The number of hydrogen-bond acceptors (Lipinski definition) is 3. The zero-order valence-corrected chi connectivity index (χ0v) is 21.3. The zero-order chi connectivity index (χ0) is 26.1. The summed E-state index contributed by atoms with van der Waals surface area (Å²) < 4.78 is -0.446. The molecule has 4 rings (SSSR count). The second kappa shape index (κ2) is 12.4. The lowest BCUT2D eigenvalue weighted by atomic mass is 9.84. The van der Waals surface area contributed by atoms with Gasteiger partial charge in [-0.3, -0.25) is 4.79 Å². The molecule has 0 fully saturated rings. The van der Waals surface area contributed by atoms with Crippen LogP contribution in [0.4, 0.5) is 0 Å². The van der Waals surface area contributed by atoms with Crippen LogP contribution in [0, 0.1) is 5.92 Å². The van der Waals surface area contributed by atoms with Gasteiger partial charge in [-0.25, -0.2) is 4.79 Å². The van der Waals surface area contributed by atoms with E-state index in [1.54, 1.807) is 18.2 Å². The molecule has 0 bridgehead atoms. The molecule has 0 saturated carbocycles. The van der Waals surface area contributed by atoms with Gasteiger partial charge >= 0.3 is 11.9 Å². The molecule has 5 heteroatoms. The van der Waals surface area contributed by atoms with Crippen molar-refractivity contribution >= 4 is 23.7 Å². The average Bonchev–Trinajstić information content (AvgIpc) is 2.94. The highest BCUT2D eigenvalue weighted by atomic mass is 32.2. The summed E-state index contributed by atoms with van der Waals surface area (Å²) in [5.74, 6) is -1.84. The monoisotopic (exact) mass is 510 g/mol. The highest BCUT2D eigenvalue weighted by molar-refractivity contribution is 8.00. The van der Waals surface area contributed by atoms with Crippen molar-refractivity contribution in [3.05, 3.63) is 143 Å². The normalized spacial score (nSPS) is 12.1. The molecule has 0 amide bonds. The third-order valence-electron chi connectivity index (χ3n) is 6.62. The van der Waals surface area contributed by atoms with Gasteiger partial charge < -0.3 is 10.2 Å². The Morgan fingerprint density at radius 1 is 0.676 bits per heavy atom. The Hall–Kier alpha value is -3.83. The van der Waals surface area contributed by atoms with Crippen molar-refractivity contribution in [1.29, 1.82) is 0 Å². The van der Waals surface area contributed by atoms with E-state index in [9.17, 15) is 19.8 Å². The number of benzene rings is 4. The van der Waals surface area contributed by atoms with Crippen LogP contribution in [0.15, 0.2) is 115 Å². The molecule has 1 atom stereocenters.